The van der Waals surface area contributed by atoms with E-state index in [2.05, 4.69) is 15.0 Å². The molecule has 2 aromatic carbocycles. The highest BCUT2D eigenvalue weighted by molar-refractivity contribution is 7.91. The van der Waals surface area contributed by atoms with Crippen molar-refractivity contribution in [3.63, 3.8) is 0 Å². The fourth-order valence-electron chi connectivity index (χ4n) is 4.58. The van der Waals surface area contributed by atoms with E-state index in [1.54, 1.807) is 48.0 Å². The Bertz CT molecular complexity index is 1600. The van der Waals surface area contributed by atoms with Gasteiger partial charge in [0.25, 0.3) is 5.91 Å². The largest absolute Gasteiger partial charge is 0.435 e. The van der Waals surface area contributed by atoms with Crippen LogP contribution in [-0.2, 0) is 9.84 Å². The van der Waals surface area contributed by atoms with Gasteiger partial charge in [-0.25, -0.2) is 12.8 Å². The maximum absolute atomic E-state index is 13.6. The summed E-state index contributed by atoms with van der Waals surface area (Å²) in [4.78, 5) is 17.4. The zero-order valence-corrected chi connectivity index (χ0v) is 20.4. The molecule has 0 spiro atoms. The van der Waals surface area contributed by atoms with Crippen molar-refractivity contribution in [2.24, 2.45) is 0 Å². The Balaban J connectivity index is 1.59. The van der Waals surface area contributed by atoms with E-state index in [-0.39, 0.29) is 22.9 Å². The van der Waals surface area contributed by atoms with Gasteiger partial charge in [0.1, 0.15) is 17.3 Å². The number of fused-ring (bicyclic) bond motifs is 1. The minimum absolute atomic E-state index is 0.00135. The standard InChI is InChI=1S/C26H22F3N3O4S/c1-26(9-10-37(34,35)15-26)31-24(33)22-12-23-20(13-30-22)21(14-32(23)18-7-5-17(27)6-8-18)16-3-2-4-19(11-16)36-25(28)29/h2-8,11-14,25H,9-10,15H2,1H3,(H,31,33)/t26-/m0/s1. The Morgan fingerprint density at radius 2 is 1.92 bits per heavy atom. The van der Waals surface area contributed by atoms with Gasteiger partial charge >= 0.3 is 6.61 Å². The number of nitrogens with zero attached hydrogens (tertiary/aromatic N) is 2. The van der Waals surface area contributed by atoms with Crippen LogP contribution < -0.4 is 10.1 Å². The van der Waals surface area contributed by atoms with Gasteiger partial charge in [0.2, 0.25) is 0 Å². The molecule has 1 saturated heterocycles. The minimum Gasteiger partial charge on any atom is -0.435 e. The highest BCUT2D eigenvalue weighted by Gasteiger charge is 2.39. The first-order chi connectivity index (χ1) is 17.5. The Morgan fingerprint density at radius 1 is 1.16 bits per heavy atom. The first-order valence-electron chi connectivity index (χ1n) is 11.4. The van der Waals surface area contributed by atoms with Gasteiger partial charge < -0.3 is 14.6 Å². The number of benzene rings is 2. The number of rotatable bonds is 6. The summed E-state index contributed by atoms with van der Waals surface area (Å²) in [6.45, 7) is -1.29. The van der Waals surface area contributed by atoms with Crippen molar-refractivity contribution in [2.45, 2.75) is 25.5 Å². The van der Waals surface area contributed by atoms with Crippen molar-refractivity contribution in [3.8, 4) is 22.6 Å². The fraction of sp³-hybridized carbons (Fsp3) is 0.231. The first-order valence-corrected chi connectivity index (χ1v) is 13.2. The Labute approximate surface area is 210 Å². The molecule has 3 heterocycles. The van der Waals surface area contributed by atoms with Crippen LogP contribution in [0.4, 0.5) is 13.2 Å². The summed E-state index contributed by atoms with van der Waals surface area (Å²) < 4.78 is 69.3. The maximum Gasteiger partial charge on any atom is 0.387 e. The second-order valence-corrected chi connectivity index (χ2v) is 11.4. The van der Waals surface area contributed by atoms with Crippen molar-refractivity contribution >= 4 is 26.6 Å². The molecule has 4 aromatic rings. The lowest BCUT2D eigenvalue weighted by atomic mass is 10.0. The quantitative estimate of drug-likeness (QED) is 0.390. The van der Waals surface area contributed by atoms with Crippen LogP contribution in [0, 0.1) is 5.82 Å². The average molecular weight is 530 g/mol. The highest BCUT2D eigenvalue weighted by Crippen LogP contribution is 2.34. The van der Waals surface area contributed by atoms with Gasteiger partial charge in [-0.05, 0) is 61.4 Å². The predicted molar refractivity (Wildman–Crippen MR) is 132 cm³/mol. The molecule has 0 saturated carbocycles. The molecule has 0 bridgehead atoms. The van der Waals surface area contributed by atoms with Crippen molar-refractivity contribution in [1.29, 1.82) is 0 Å². The van der Waals surface area contributed by atoms with Gasteiger partial charge in [-0.15, -0.1) is 0 Å². The third-order valence-corrected chi connectivity index (χ3v) is 8.22. The summed E-state index contributed by atoms with van der Waals surface area (Å²) in [5, 5.41) is 3.41. The van der Waals surface area contributed by atoms with E-state index >= 15 is 0 Å². The lowest BCUT2D eigenvalue weighted by Crippen LogP contribution is -2.47. The van der Waals surface area contributed by atoms with E-state index in [0.29, 0.717) is 34.1 Å². The highest BCUT2D eigenvalue weighted by atomic mass is 32.2. The molecule has 2 aromatic heterocycles. The monoisotopic (exact) mass is 529 g/mol. The lowest BCUT2D eigenvalue weighted by Gasteiger charge is -2.23. The van der Waals surface area contributed by atoms with Crippen LogP contribution in [0.2, 0.25) is 0 Å². The number of pyridine rings is 1. The summed E-state index contributed by atoms with van der Waals surface area (Å²) >= 11 is 0. The number of halogens is 3. The van der Waals surface area contributed by atoms with Gasteiger partial charge in [0.05, 0.1) is 22.6 Å². The van der Waals surface area contributed by atoms with Crippen LogP contribution in [0.1, 0.15) is 23.8 Å². The molecule has 0 radical (unpaired) electrons. The molecule has 7 nitrogen and oxygen atoms in total. The Hall–Kier alpha value is -3.86. The van der Waals surface area contributed by atoms with Crippen LogP contribution in [0.15, 0.2) is 67.0 Å². The zero-order chi connectivity index (χ0) is 26.4. The van der Waals surface area contributed by atoms with Crippen molar-refractivity contribution < 1.29 is 31.1 Å². The molecule has 192 valence electrons. The number of hydrogen-bond acceptors (Lipinski definition) is 5. The molecule has 1 N–H and O–H groups in total. The van der Waals surface area contributed by atoms with Gasteiger partial charge in [0, 0.05) is 29.0 Å². The third kappa shape index (κ3) is 5.17. The molecule has 11 heteroatoms. The van der Waals surface area contributed by atoms with Crippen LogP contribution in [0.3, 0.4) is 0 Å². The third-order valence-electron chi connectivity index (χ3n) is 6.32. The van der Waals surface area contributed by atoms with Crippen molar-refractivity contribution in [2.75, 3.05) is 11.5 Å². The second kappa shape index (κ2) is 9.22. The molecule has 0 aliphatic carbocycles. The molecule has 1 aliphatic rings. The molecular formula is C26H22F3N3O4S. The van der Waals surface area contributed by atoms with Gasteiger partial charge in [-0.1, -0.05) is 12.1 Å². The molecule has 37 heavy (non-hydrogen) atoms. The van der Waals surface area contributed by atoms with Gasteiger partial charge in [-0.3, -0.25) is 9.78 Å². The van der Waals surface area contributed by atoms with E-state index in [1.165, 1.54) is 30.5 Å². The number of aromatic nitrogens is 2. The Morgan fingerprint density at radius 3 is 2.59 bits per heavy atom. The lowest BCUT2D eigenvalue weighted by molar-refractivity contribution is -0.0498. The number of alkyl halides is 2. The number of amides is 1. The smallest absolute Gasteiger partial charge is 0.387 e. The molecular weight excluding hydrogens is 507 g/mol. The molecule has 1 aliphatic heterocycles. The van der Waals surface area contributed by atoms with Crippen LogP contribution in [0.25, 0.3) is 27.7 Å². The molecule has 1 amide bonds. The average Bonchev–Trinajstić information content (AvgIpc) is 3.35. The van der Waals surface area contributed by atoms with Gasteiger partial charge in [-0.2, -0.15) is 8.78 Å². The van der Waals surface area contributed by atoms with E-state index in [0.717, 1.165) is 0 Å². The maximum atomic E-state index is 13.6. The number of carbonyl (C=O) groups is 1. The molecule has 5 rings (SSSR count). The number of sulfone groups is 1. The number of carbonyl (C=O) groups excluding carboxylic acids is 1. The minimum atomic E-state index is -3.23. The normalized spacial score (nSPS) is 18.8. The summed E-state index contributed by atoms with van der Waals surface area (Å²) in [5.74, 6) is -1.11. The second-order valence-electron chi connectivity index (χ2n) is 9.24. The van der Waals surface area contributed by atoms with Crippen LogP contribution in [-0.4, -0.2) is 47.5 Å². The van der Waals surface area contributed by atoms with E-state index in [9.17, 15) is 26.4 Å². The molecule has 1 atom stereocenters. The number of nitrogens with one attached hydrogen (secondary N) is 1. The molecule has 0 unspecified atom stereocenters. The van der Waals surface area contributed by atoms with E-state index in [1.807, 2.05) is 0 Å². The Kier molecular flexibility index (Phi) is 6.18. The molecule has 1 fully saturated rings. The number of hydrogen-bond donors (Lipinski definition) is 1. The van der Waals surface area contributed by atoms with E-state index < -0.39 is 33.7 Å². The fourth-order valence-corrected chi connectivity index (χ4v) is 6.67. The summed E-state index contributed by atoms with van der Waals surface area (Å²) in [6.07, 6.45) is 3.54. The van der Waals surface area contributed by atoms with E-state index in [4.69, 9.17) is 0 Å². The number of ether oxygens (including phenoxy) is 1. The summed E-state index contributed by atoms with van der Waals surface area (Å²) in [5.41, 5.74) is 1.54. The van der Waals surface area contributed by atoms with Crippen molar-refractivity contribution in [3.05, 3.63) is 78.5 Å². The summed E-state index contributed by atoms with van der Waals surface area (Å²) in [7, 11) is -3.23. The SMILES string of the molecule is C[C@]1(NC(=O)c2cc3c(cn2)c(-c2cccc(OC(F)F)c2)cn3-c2ccc(F)cc2)CCS(=O)(=O)C1. The van der Waals surface area contributed by atoms with Crippen LogP contribution in [0.5, 0.6) is 5.75 Å². The first kappa shape index (κ1) is 24.8. The zero-order valence-electron chi connectivity index (χ0n) is 19.6. The predicted octanol–water partition coefficient (Wildman–Crippen LogP) is 4.74. The van der Waals surface area contributed by atoms with Crippen LogP contribution >= 0.6 is 0 Å². The van der Waals surface area contributed by atoms with Crippen molar-refractivity contribution in [1.82, 2.24) is 14.9 Å². The summed E-state index contributed by atoms with van der Waals surface area (Å²) in [6, 6.07) is 13.5. The topological polar surface area (TPSA) is 90.3 Å². The van der Waals surface area contributed by atoms with Gasteiger partial charge in [0.15, 0.2) is 9.84 Å².